The minimum Gasteiger partial charge on any atom is -0.497 e. The Kier molecular flexibility index (Phi) is 7.35. The monoisotopic (exact) mass is 442 g/mol. The average molecular weight is 443 g/mol. The van der Waals surface area contributed by atoms with Crippen LogP contribution in [0.25, 0.3) is 10.6 Å². The van der Waals surface area contributed by atoms with Crippen LogP contribution in [0.3, 0.4) is 0 Å². The molecular weight excluding hydrogens is 412 g/mol. The van der Waals surface area contributed by atoms with Crippen LogP contribution in [-0.4, -0.2) is 36.2 Å². The van der Waals surface area contributed by atoms with Crippen molar-refractivity contribution in [3.63, 3.8) is 0 Å². The largest absolute Gasteiger partial charge is 0.497 e. The van der Waals surface area contributed by atoms with Crippen molar-refractivity contribution in [1.29, 1.82) is 0 Å². The van der Waals surface area contributed by atoms with E-state index >= 15 is 0 Å². The highest BCUT2D eigenvalue weighted by Crippen LogP contribution is 2.27. The van der Waals surface area contributed by atoms with Crippen molar-refractivity contribution in [3.8, 4) is 16.3 Å². The highest BCUT2D eigenvalue weighted by molar-refractivity contribution is 7.13. The first-order valence-corrected chi connectivity index (χ1v) is 11.1. The van der Waals surface area contributed by atoms with Crippen molar-refractivity contribution < 1.29 is 14.3 Å². The van der Waals surface area contributed by atoms with Crippen molar-refractivity contribution in [3.05, 3.63) is 58.5 Å². The van der Waals surface area contributed by atoms with Crippen LogP contribution in [0.1, 0.15) is 36.6 Å². The van der Waals surface area contributed by atoms with Gasteiger partial charge in [-0.3, -0.25) is 0 Å². The number of hydrogen-bond acceptors (Lipinski definition) is 6. The van der Waals surface area contributed by atoms with E-state index in [1.54, 1.807) is 25.4 Å². The summed E-state index contributed by atoms with van der Waals surface area (Å²) in [5.41, 5.74) is 1.63. The summed E-state index contributed by atoms with van der Waals surface area (Å²) >= 11 is 1.59. The van der Waals surface area contributed by atoms with Crippen molar-refractivity contribution in [2.45, 2.75) is 39.8 Å². The standard InChI is InChI=1S/C23H30N4O3S/c1-6-24-22(26-14-23(4,28)20-11-15(2)30-16(20)3)25-12-18-13-31-21(27-18)17-7-9-19(29-5)10-8-17/h7-11,13,28H,6,12,14H2,1-5H3,(H2,24,25,26). The topological polar surface area (TPSA) is 91.9 Å². The summed E-state index contributed by atoms with van der Waals surface area (Å²) in [6, 6.07) is 9.72. The second-order valence-electron chi connectivity index (χ2n) is 7.52. The smallest absolute Gasteiger partial charge is 0.191 e. The highest BCUT2D eigenvalue weighted by Gasteiger charge is 2.27. The summed E-state index contributed by atoms with van der Waals surface area (Å²) in [5, 5.41) is 20.3. The number of guanidine groups is 1. The maximum absolute atomic E-state index is 10.9. The Labute approximate surface area is 187 Å². The first-order chi connectivity index (χ1) is 14.8. The maximum atomic E-state index is 10.9. The molecule has 7 nitrogen and oxygen atoms in total. The third kappa shape index (κ3) is 5.86. The van der Waals surface area contributed by atoms with Gasteiger partial charge in [-0.25, -0.2) is 9.98 Å². The molecule has 0 bridgehead atoms. The Balaban J connectivity index is 1.65. The van der Waals surface area contributed by atoms with E-state index < -0.39 is 5.60 Å². The van der Waals surface area contributed by atoms with Gasteiger partial charge in [0.15, 0.2) is 5.96 Å². The number of furan rings is 1. The molecule has 166 valence electrons. The van der Waals surface area contributed by atoms with Crippen LogP contribution in [0, 0.1) is 13.8 Å². The number of nitrogens with zero attached hydrogens (tertiary/aromatic N) is 2. The van der Waals surface area contributed by atoms with Crippen molar-refractivity contribution in [2.24, 2.45) is 4.99 Å². The second-order valence-corrected chi connectivity index (χ2v) is 8.38. The summed E-state index contributed by atoms with van der Waals surface area (Å²) in [5.74, 6) is 2.95. The number of aliphatic imine (C=N–C) groups is 1. The lowest BCUT2D eigenvalue weighted by atomic mass is 9.96. The van der Waals surface area contributed by atoms with Crippen LogP contribution >= 0.6 is 11.3 Å². The number of ether oxygens (including phenoxy) is 1. The molecule has 0 saturated heterocycles. The minimum absolute atomic E-state index is 0.298. The summed E-state index contributed by atoms with van der Waals surface area (Å²) < 4.78 is 10.8. The zero-order valence-corrected chi connectivity index (χ0v) is 19.5. The van der Waals surface area contributed by atoms with Crippen LogP contribution in [0.15, 0.2) is 45.1 Å². The van der Waals surface area contributed by atoms with Gasteiger partial charge in [0.05, 0.1) is 25.9 Å². The fraction of sp³-hybridized carbons (Fsp3) is 0.391. The van der Waals surface area contributed by atoms with Crippen molar-refractivity contribution in [1.82, 2.24) is 15.6 Å². The molecule has 0 amide bonds. The van der Waals surface area contributed by atoms with Gasteiger partial charge in [0.25, 0.3) is 0 Å². The number of methoxy groups -OCH3 is 1. The van der Waals surface area contributed by atoms with E-state index in [2.05, 4.69) is 15.6 Å². The number of aromatic nitrogens is 1. The number of aryl methyl sites for hydroxylation is 2. The molecule has 8 heteroatoms. The number of thiazole rings is 1. The van der Waals surface area contributed by atoms with E-state index in [0.717, 1.165) is 39.1 Å². The zero-order valence-electron chi connectivity index (χ0n) is 18.7. The molecule has 0 aliphatic rings. The zero-order chi connectivity index (χ0) is 22.4. The van der Waals surface area contributed by atoms with Crippen LogP contribution in [-0.2, 0) is 12.1 Å². The Morgan fingerprint density at radius 1 is 1.26 bits per heavy atom. The fourth-order valence-electron chi connectivity index (χ4n) is 3.26. The highest BCUT2D eigenvalue weighted by atomic mass is 32.1. The third-order valence-electron chi connectivity index (χ3n) is 4.85. The van der Waals surface area contributed by atoms with E-state index in [1.807, 2.05) is 56.5 Å². The van der Waals surface area contributed by atoms with E-state index in [1.165, 1.54) is 0 Å². The second kappa shape index (κ2) is 9.98. The van der Waals surface area contributed by atoms with Gasteiger partial charge in [0.1, 0.15) is 27.9 Å². The molecule has 0 radical (unpaired) electrons. The SMILES string of the molecule is CCNC(=NCc1csc(-c2ccc(OC)cc2)n1)NCC(C)(O)c1cc(C)oc1C. The van der Waals surface area contributed by atoms with E-state index in [4.69, 9.17) is 14.1 Å². The number of rotatable bonds is 8. The molecule has 3 rings (SSSR count). The predicted molar refractivity (Wildman–Crippen MR) is 125 cm³/mol. The summed E-state index contributed by atoms with van der Waals surface area (Å²) in [6.45, 7) is 8.96. The Bertz CT molecular complexity index is 1020. The lowest BCUT2D eigenvalue weighted by Gasteiger charge is -2.24. The normalized spacial score (nSPS) is 13.7. The molecule has 0 aliphatic carbocycles. The molecule has 1 unspecified atom stereocenters. The van der Waals surface area contributed by atoms with Crippen LogP contribution in [0.5, 0.6) is 5.75 Å². The van der Waals surface area contributed by atoms with E-state index in [9.17, 15) is 5.11 Å². The first-order valence-electron chi connectivity index (χ1n) is 10.2. The van der Waals surface area contributed by atoms with Gasteiger partial charge in [0, 0.05) is 23.1 Å². The molecule has 0 aliphatic heterocycles. The van der Waals surface area contributed by atoms with Gasteiger partial charge in [-0.2, -0.15) is 0 Å². The third-order valence-corrected chi connectivity index (χ3v) is 5.79. The molecule has 3 aromatic rings. The molecule has 31 heavy (non-hydrogen) atoms. The van der Waals surface area contributed by atoms with Crippen molar-refractivity contribution in [2.75, 3.05) is 20.2 Å². The van der Waals surface area contributed by atoms with Gasteiger partial charge in [-0.05, 0) is 58.0 Å². The molecule has 0 fully saturated rings. The van der Waals surface area contributed by atoms with Gasteiger partial charge in [-0.1, -0.05) is 0 Å². The van der Waals surface area contributed by atoms with Gasteiger partial charge in [-0.15, -0.1) is 11.3 Å². The Hall–Kier alpha value is -2.84. The Morgan fingerprint density at radius 2 is 2.00 bits per heavy atom. The molecule has 0 saturated carbocycles. The van der Waals surface area contributed by atoms with Crippen LogP contribution < -0.4 is 15.4 Å². The summed E-state index contributed by atoms with van der Waals surface area (Å²) in [4.78, 5) is 9.32. The minimum atomic E-state index is -1.08. The van der Waals surface area contributed by atoms with Gasteiger partial charge < -0.3 is 24.9 Å². The molecule has 0 spiro atoms. The quantitative estimate of drug-likeness (QED) is 0.361. The molecule has 1 atom stereocenters. The number of aliphatic hydroxyl groups is 1. The average Bonchev–Trinajstić information content (AvgIpc) is 3.36. The number of benzene rings is 1. The van der Waals surface area contributed by atoms with Crippen LogP contribution in [0.4, 0.5) is 0 Å². The molecule has 2 heterocycles. The van der Waals surface area contributed by atoms with E-state index in [0.29, 0.717) is 25.6 Å². The molecular formula is C23H30N4O3S. The molecule has 1 aromatic carbocycles. The number of hydrogen-bond donors (Lipinski definition) is 3. The van der Waals surface area contributed by atoms with E-state index in [-0.39, 0.29) is 0 Å². The summed E-state index contributed by atoms with van der Waals surface area (Å²) in [7, 11) is 1.65. The van der Waals surface area contributed by atoms with Gasteiger partial charge >= 0.3 is 0 Å². The fourth-order valence-corrected chi connectivity index (χ4v) is 4.08. The lowest BCUT2D eigenvalue weighted by Crippen LogP contribution is -2.44. The predicted octanol–water partition coefficient (Wildman–Crippen LogP) is 3.99. The van der Waals surface area contributed by atoms with Gasteiger partial charge in [0.2, 0.25) is 0 Å². The number of nitrogens with one attached hydrogen (secondary N) is 2. The Morgan fingerprint density at radius 3 is 2.61 bits per heavy atom. The van der Waals surface area contributed by atoms with Crippen LogP contribution in [0.2, 0.25) is 0 Å². The maximum Gasteiger partial charge on any atom is 0.191 e. The molecule has 3 N–H and O–H groups in total. The first kappa shape index (κ1) is 22.8. The lowest BCUT2D eigenvalue weighted by molar-refractivity contribution is 0.0601. The summed E-state index contributed by atoms with van der Waals surface area (Å²) in [6.07, 6.45) is 0. The molecule has 2 aromatic heterocycles. The van der Waals surface area contributed by atoms with Crippen molar-refractivity contribution >= 4 is 17.3 Å².